The third kappa shape index (κ3) is 4.71. The van der Waals surface area contributed by atoms with E-state index in [4.69, 9.17) is 0 Å². The second-order valence-corrected chi connectivity index (χ2v) is 11.3. The summed E-state index contributed by atoms with van der Waals surface area (Å²) in [6.07, 6.45) is 9.98. The molecule has 0 aliphatic carbocycles. The maximum atomic E-state index is 13.6. The number of para-hydroxylation sites is 1. The molecule has 0 radical (unpaired) electrons. The molecule has 0 saturated carbocycles. The van der Waals surface area contributed by atoms with E-state index in [1.54, 1.807) is 56.1 Å². The largest absolute Gasteiger partial charge is 0.354 e. The molecule has 10 heteroatoms. The van der Waals surface area contributed by atoms with Gasteiger partial charge in [0.15, 0.2) is 0 Å². The van der Waals surface area contributed by atoms with Crippen LogP contribution in [0.1, 0.15) is 5.56 Å². The first-order chi connectivity index (χ1) is 18.9. The van der Waals surface area contributed by atoms with Crippen LogP contribution in [0.4, 0.5) is 11.4 Å². The summed E-state index contributed by atoms with van der Waals surface area (Å²) in [7, 11) is -0.272. The number of rotatable bonds is 7. The van der Waals surface area contributed by atoms with Gasteiger partial charge in [-0.1, -0.05) is 24.3 Å². The molecule has 0 aliphatic heterocycles. The monoisotopic (exact) mass is 535 g/mol. The Balaban J connectivity index is 1.40. The number of aromatic nitrogens is 5. The van der Waals surface area contributed by atoms with Gasteiger partial charge in [0.05, 0.1) is 16.7 Å². The maximum absolute atomic E-state index is 13.6. The molecule has 0 bridgehead atoms. The van der Waals surface area contributed by atoms with Crippen molar-refractivity contribution in [3.8, 4) is 11.1 Å². The molecule has 194 valence electrons. The molecule has 1 N–H and O–H groups in total. The number of nitrogens with one attached hydrogen (secondary N) is 1. The minimum Gasteiger partial charge on any atom is -0.354 e. The van der Waals surface area contributed by atoms with E-state index in [-0.39, 0.29) is 11.4 Å². The first-order valence-electron chi connectivity index (χ1n) is 12.3. The van der Waals surface area contributed by atoms with Gasteiger partial charge in [-0.3, -0.25) is 9.97 Å². The molecule has 3 heterocycles. The lowest BCUT2D eigenvalue weighted by Crippen LogP contribution is -2.27. The lowest BCUT2D eigenvalue weighted by atomic mass is 10.0. The van der Waals surface area contributed by atoms with Crippen molar-refractivity contribution in [2.45, 2.75) is 11.4 Å². The smallest absolute Gasteiger partial charge is 0.245 e. The number of aryl methyl sites for hydroxylation is 1. The Bertz CT molecular complexity index is 1920. The summed E-state index contributed by atoms with van der Waals surface area (Å²) in [5.41, 5.74) is 6.31. The SMILES string of the molecule is CN(Cc1cncnc1)S(=O)(=O)c1ccccc1Nc1cc(-c2ccc3ccn(C)c3c2)c2nccnc2c1. The first kappa shape index (κ1) is 24.7. The predicted molar refractivity (Wildman–Crippen MR) is 152 cm³/mol. The number of hydrogen-bond donors (Lipinski definition) is 1. The van der Waals surface area contributed by atoms with E-state index in [9.17, 15) is 8.42 Å². The Labute approximate surface area is 225 Å². The molecule has 9 nitrogen and oxygen atoms in total. The summed E-state index contributed by atoms with van der Waals surface area (Å²) >= 11 is 0. The van der Waals surface area contributed by atoms with Gasteiger partial charge in [0, 0.05) is 74.0 Å². The predicted octanol–water partition coefficient (Wildman–Crippen LogP) is 5.14. The molecule has 6 aromatic rings. The van der Waals surface area contributed by atoms with Crippen LogP contribution in [-0.4, -0.2) is 44.3 Å². The van der Waals surface area contributed by atoms with Crippen LogP contribution in [-0.2, 0) is 23.6 Å². The highest BCUT2D eigenvalue weighted by Gasteiger charge is 2.24. The minimum absolute atomic E-state index is 0.148. The molecule has 6 rings (SSSR count). The number of nitrogens with zero attached hydrogens (tertiary/aromatic N) is 6. The summed E-state index contributed by atoms with van der Waals surface area (Å²) in [4.78, 5) is 17.3. The molecule has 39 heavy (non-hydrogen) atoms. The van der Waals surface area contributed by atoms with Crippen LogP contribution >= 0.6 is 0 Å². The average Bonchev–Trinajstić information content (AvgIpc) is 3.33. The summed E-state index contributed by atoms with van der Waals surface area (Å²) in [5, 5.41) is 4.49. The van der Waals surface area contributed by atoms with Crippen LogP contribution in [0.25, 0.3) is 33.1 Å². The molecule has 0 atom stereocenters. The van der Waals surface area contributed by atoms with Crippen molar-refractivity contribution >= 4 is 43.3 Å². The van der Waals surface area contributed by atoms with Crippen LogP contribution in [0, 0.1) is 0 Å². The van der Waals surface area contributed by atoms with Gasteiger partial charge in [-0.2, -0.15) is 4.31 Å². The van der Waals surface area contributed by atoms with E-state index >= 15 is 0 Å². The van der Waals surface area contributed by atoms with Gasteiger partial charge in [0.25, 0.3) is 0 Å². The van der Waals surface area contributed by atoms with Gasteiger partial charge >= 0.3 is 0 Å². The quantitative estimate of drug-likeness (QED) is 0.302. The molecule has 0 amide bonds. The number of fused-ring (bicyclic) bond motifs is 2. The second-order valence-electron chi connectivity index (χ2n) is 9.28. The number of anilines is 2. The van der Waals surface area contributed by atoms with Crippen molar-refractivity contribution < 1.29 is 8.42 Å². The lowest BCUT2D eigenvalue weighted by Gasteiger charge is -2.20. The fourth-order valence-electron chi connectivity index (χ4n) is 4.67. The zero-order valence-corrected chi connectivity index (χ0v) is 22.2. The molecule has 0 spiro atoms. The summed E-state index contributed by atoms with van der Waals surface area (Å²) < 4.78 is 30.6. The van der Waals surface area contributed by atoms with Gasteiger partial charge in [-0.25, -0.2) is 18.4 Å². The van der Waals surface area contributed by atoms with Crippen LogP contribution in [0.3, 0.4) is 0 Å². The van der Waals surface area contributed by atoms with Crippen molar-refractivity contribution in [1.82, 2.24) is 28.8 Å². The zero-order valence-electron chi connectivity index (χ0n) is 21.4. The van der Waals surface area contributed by atoms with E-state index in [2.05, 4.69) is 54.1 Å². The van der Waals surface area contributed by atoms with E-state index in [0.717, 1.165) is 27.5 Å². The Morgan fingerprint density at radius 3 is 2.59 bits per heavy atom. The fraction of sp³-hybridized carbons (Fsp3) is 0.103. The Hall–Kier alpha value is -4.67. The molecular formula is C29H25N7O2S. The number of hydrogen-bond acceptors (Lipinski definition) is 7. The third-order valence-electron chi connectivity index (χ3n) is 6.65. The third-order valence-corrected chi connectivity index (χ3v) is 8.51. The van der Waals surface area contributed by atoms with E-state index < -0.39 is 10.0 Å². The van der Waals surface area contributed by atoms with Crippen molar-refractivity contribution in [2.24, 2.45) is 7.05 Å². The molecular weight excluding hydrogens is 510 g/mol. The van der Waals surface area contributed by atoms with E-state index in [1.807, 2.05) is 25.4 Å². The van der Waals surface area contributed by atoms with Gasteiger partial charge < -0.3 is 9.88 Å². The Kier molecular flexibility index (Phi) is 6.26. The Morgan fingerprint density at radius 2 is 1.74 bits per heavy atom. The van der Waals surface area contributed by atoms with Crippen LogP contribution in [0.2, 0.25) is 0 Å². The fourth-order valence-corrected chi connectivity index (χ4v) is 5.97. The van der Waals surface area contributed by atoms with Gasteiger partial charge in [0.1, 0.15) is 11.2 Å². The van der Waals surface area contributed by atoms with E-state index in [1.165, 1.54) is 10.6 Å². The summed E-state index contributed by atoms with van der Waals surface area (Å²) in [5.74, 6) is 0. The highest BCUT2D eigenvalue weighted by atomic mass is 32.2. The van der Waals surface area contributed by atoms with Crippen molar-refractivity contribution in [2.75, 3.05) is 12.4 Å². The standard InChI is InChI=1S/C29H25N7O2S/c1-35-12-9-21-7-8-22(13-27(21)35)24-14-23(15-26-29(24)33-11-10-32-26)34-25-5-3-4-6-28(25)39(37,38)36(2)18-20-16-30-19-31-17-20/h3-17,19,34H,18H2,1-2H3. The summed E-state index contributed by atoms with van der Waals surface area (Å²) in [6, 6.07) is 19.1. The molecule has 0 fully saturated rings. The lowest BCUT2D eigenvalue weighted by molar-refractivity contribution is 0.466. The topological polar surface area (TPSA) is 106 Å². The van der Waals surface area contributed by atoms with Crippen LogP contribution in [0.5, 0.6) is 0 Å². The van der Waals surface area contributed by atoms with Crippen molar-refractivity contribution in [3.05, 3.63) is 104 Å². The number of benzene rings is 3. The molecule has 0 aliphatic rings. The molecule has 3 aromatic heterocycles. The van der Waals surface area contributed by atoms with Crippen LogP contribution in [0.15, 0.2) is 103 Å². The minimum atomic E-state index is -3.83. The van der Waals surface area contributed by atoms with Gasteiger partial charge in [0.2, 0.25) is 10.0 Å². The molecule has 3 aromatic carbocycles. The zero-order chi connectivity index (χ0) is 27.0. The van der Waals surface area contributed by atoms with Crippen molar-refractivity contribution in [3.63, 3.8) is 0 Å². The van der Waals surface area contributed by atoms with Gasteiger partial charge in [-0.15, -0.1) is 0 Å². The first-order valence-corrected chi connectivity index (χ1v) is 13.7. The average molecular weight is 536 g/mol. The second kappa shape index (κ2) is 9.90. The number of sulfonamides is 1. The molecule has 0 saturated heterocycles. The van der Waals surface area contributed by atoms with Crippen molar-refractivity contribution in [1.29, 1.82) is 0 Å². The summed E-state index contributed by atoms with van der Waals surface area (Å²) in [6.45, 7) is 0.148. The normalized spacial score (nSPS) is 11.9. The Morgan fingerprint density at radius 1 is 0.949 bits per heavy atom. The van der Waals surface area contributed by atoms with Gasteiger partial charge in [-0.05, 0) is 47.3 Å². The molecule has 0 unspecified atom stereocenters. The van der Waals surface area contributed by atoms with Crippen LogP contribution < -0.4 is 5.32 Å². The maximum Gasteiger partial charge on any atom is 0.245 e. The highest BCUT2D eigenvalue weighted by Crippen LogP contribution is 2.34. The highest BCUT2D eigenvalue weighted by molar-refractivity contribution is 7.89. The van der Waals surface area contributed by atoms with E-state index in [0.29, 0.717) is 22.5 Å².